The molecule has 3 rings (SSSR count). The second kappa shape index (κ2) is 5.19. The summed E-state index contributed by atoms with van der Waals surface area (Å²) in [5.74, 6) is -1.65. The molecule has 1 fully saturated rings. The zero-order valence-electron chi connectivity index (χ0n) is 12.4. The van der Waals surface area contributed by atoms with Crippen LogP contribution in [-0.2, 0) is 4.79 Å². The molecule has 1 aliphatic carbocycles. The van der Waals surface area contributed by atoms with E-state index in [9.17, 15) is 13.6 Å². The summed E-state index contributed by atoms with van der Waals surface area (Å²) >= 11 is 0. The monoisotopic (exact) mass is 305 g/mol. The fraction of sp³-hybridized carbons (Fsp3) is 0.375. The number of nitrogens with zero attached hydrogens (tertiary/aromatic N) is 1. The first kappa shape index (κ1) is 14.7. The van der Waals surface area contributed by atoms with Gasteiger partial charge in [-0.2, -0.15) is 5.10 Å². The summed E-state index contributed by atoms with van der Waals surface area (Å²) < 4.78 is 27.0. The second-order valence-electron chi connectivity index (χ2n) is 6.53. The van der Waals surface area contributed by atoms with Crippen molar-refractivity contribution in [3.8, 4) is 11.3 Å². The fourth-order valence-corrected chi connectivity index (χ4v) is 2.92. The molecule has 0 atom stereocenters. The summed E-state index contributed by atoms with van der Waals surface area (Å²) in [6.45, 7) is 4.24. The van der Waals surface area contributed by atoms with Crippen LogP contribution in [0.2, 0.25) is 0 Å². The highest BCUT2D eigenvalue weighted by molar-refractivity contribution is 5.92. The van der Waals surface area contributed by atoms with E-state index in [1.54, 1.807) is 0 Å². The summed E-state index contributed by atoms with van der Waals surface area (Å²) in [5, 5.41) is 9.26. The molecule has 0 unspecified atom stereocenters. The normalized spacial score (nSPS) is 17.1. The Morgan fingerprint density at radius 2 is 2.09 bits per heavy atom. The summed E-state index contributed by atoms with van der Waals surface area (Å²) in [6.07, 6.45) is 1.68. The zero-order valence-corrected chi connectivity index (χ0v) is 12.4. The van der Waals surface area contributed by atoms with Gasteiger partial charge in [-0.25, -0.2) is 8.78 Å². The molecule has 1 heterocycles. The zero-order chi connectivity index (χ0) is 15.9. The molecule has 0 spiro atoms. The molecule has 2 aromatic rings. The number of H-pyrrole nitrogens is 1. The molecule has 4 nitrogen and oxygen atoms in total. The lowest BCUT2D eigenvalue weighted by atomic mass is 9.64. The van der Waals surface area contributed by atoms with Gasteiger partial charge >= 0.3 is 0 Å². The Morgan fingerprint density at radius 1 is 1.36 bits per heavy atom. The molecular formula is C16H17F2N3O. The minimum absolute atomic E-state index is 0.0129. The Kier molecular flexibility index (Phi) is 3.47. The van der Waals surface area contributed by atoms with Gasteiger partial charge in [-0.15, -0.1) is 0 Å². The molecule has 1 saturated carbocycles. The van der Waals surface area contributed by atoms with Gasteiger partial charge in [0.2, 0.25) is 5.91 Å². The summed E-state index contributed by atoms with van der Waals surface area (Å²) in [6, 6.07) is 5.42. The number of hydrogen-bond donors (Lipinski definition) is 2. The van der Waals surface area contributed by atoms with Gasteiger partial charge in [0.15, 0.2) is 17.5 Å². The highest BCUT2D eigenvalue weighted by Gasteiger charge is 2.40. The van der Waals surface area contributed by atoms with E-state index in [-0.39, 0.29) is 22.8 Å². The number of nitrogens with one attached hydrogen (secondary N) is 2. The van der Waals surface area contributed by atoms with Crippen molar-refractivity contribution in [3.05, 3.63) is 35.9 Å². The Labute approximate surface area is 126 Å². The van der Waals surface area contributed by atoms with Gasteiger partial charge in [-0.3, -0.25) is 9.89 Å². The number of carbonyl (C=O) groups excluding carboxylic acids is 1. The van der Waals surface area contributed by atoms with Gasteiger partial charge < -0.3 is 5.32 Å². The number of anilines is 1. The van der Waals surface area contributed by atoms with E-state index < -0.39 is 11.6 Å². The molecule has 6 heteroatoms. The maximum atomic E-state index is 13.7. The van der Waals surface area contributed by atoms with Crippen molar-refractivity contribution in [2.24, 2.45) is 11.3 Å². The first-order valence-electron chi connectivity index (χ1n) is 7.16. The smallest absolute Gasteiger partial charge is 0.228 e. The summed E-state index contributed by atoms with van der Waals surface area (Å²) in [5.41, 5.74) is 0.614. The molecule has 2 N–H and O–H groups in total. The maximum absolute atomic E-state index is 13.7. The third-order valence-corrected chi connectivity index (χ3v) is 4.04. The number of carbonyl (C=O) groups is 1. The minimum atomic E-state index is -0.940. The van der Waals surface area contributed by atoms with Crippen LogP contribution in [0.5, 0.6) is 0 Å². The molecular weight excluding hydrogens is 288 g/mol. The van der Waals surface area contributed by atoms with Crippen LogP contribution >= 0.6 is 0 Å². The third kappa shape index (κ3) is 2.73. The Bertz CT molecular complexity index is 716. The van der Waals surface area contributed by atoms with Crippen molar-refractivity contribution in [3.63, 3.8) is 0 Å². The van der Waals surface area contributed by atoms with Crippen LogP contribution in [0.4, 0.5) is 14.6 Å². The Balaban J connectivity index is 1.72. The van der Waals surface area contributed by atoms with E-state index in [2.05, 4.69) is 29.4 Å². The van der Waals surface area contributed by atoms with Crippen LogP contribution in [-0.4, -0.2) is 16.1 Å². The van der Waals surface area contributed by atoms with Crippen LogP contribution < -0.4 is 5.32 Å². The lowest BCUT2D eigenvalue weighted by Gasteiger charge is -2.41. The second-order valence-corrected chi connectivity index (χ2v) is 6.53. The van der Waals surface area contributed by atoms with Crippen molar-refractivity contribution in [1.82, 2.24) is 10.2 Å². The van der Waals surface area contributed by atoms with Crippen LogP contribution in [0, 0.1) is 23.0 Å². The van der Waals surface area contributed by atoms with Gasteiger partial charge in [-0.05, 0) is 30.4 Å². The van der Waals surface area contributed by atoms with E-state index in [1.165, 1.54) is 18.2 Å². The van der Waals surface area contributed by atoms with Gasteiger partial charge in [0.05, 0.1) is 5.69 Å². The SMILES string of the molecule is CC1(C)CC(C(=O)Nc2cc(-c3cccc(F)c3F)[nH]n2)C1. The summed E-state index contributed by atoms with van der Waals surface area (Å²) in [4.78, 5) is 12.1. The minimum Gasteiger partial charge on any atom is -0.309 e. The van der Waals surface area contributed by atoms with Crippen LogP contribution in [0.1, 0.15) is 26.7 Å². The molecule has 1 aliphatic rings. The molecule has 0 aliphatic heterocycles. The first-order chi connectivity index (χ1) is 10.4. The van der Waals surface area contributed by atoms with Gasteiger partial charge in [0, 0.05) is 17.5 Å². The van der Waals surface area contributed by atoms with Crippen LogP contribution in [0.25, 0.3) is 11.3 Å². The van der Waals surface area contributed by atoms with E-state index in [0.29, 0.717) is 11.5 Å². The lowest BCUT2D eigenvalue weighted by molar-refractivity contribution is -0.126. The molecule has 1 aromatic carbocycles. The van der Waals surface area contributed by atoms with Crippen molar-refractivity contribution >= 4 is 11.7 Å². The largest absolute Gasteiger partial charge is 0.309 e. The molecule has 0 bridgehead atoms. The molecule has 1 amide bonds. The molecule has 116 valence electrons. The quantitative estimate of drug-likeness (QED) is 0.907. The van der Waals surface area contributed by atoms with E-state index in [0.717, 1.165) is 18.9 Å². The van der Waals surface area contributed by atoms with E-state index >= 15 is 0 Å². The van der Waals surface area contributed by atoms with Gasteiger partial charge in [0.25, 0.3) is 0 Å². The van der Waals surface area contributed by atoms with Gasteiger partial charge in [0.1, 0.15) is 0 Å². The topological polar surface area (TPSA) is 57.8 Å². The number of rotatable bonds is 3. The predicted octanol–water partition coefficient (Wildman–Crippen LogP) is 3.73. The molecule has 1 aromatic heterocycles. The average molecular weight is 305 g/mol. The van der Waals surface area contributed by atoms with Crippen molar-refractivity contribution < 1.29 is 13.6 Å². The molecule has 22 heavy (non-hydrogen) atoms. The Morgan fingerprint density at radius 3 is 2.77 bits per heavy atom. The predicted molar refractivity (Wildman–Crippen MR) is 79.1 cm³/mol. The van der Waals surface area contributed by atoms with Gasteiger partial charge in [-0.1, -0.05) is 19.9 Å². The Hall–Kier alpha value is -2.24. The van der Waals surface area contributed by atoms with E-state index in [4.69, 9.17) is 0 Å². The number of aromatic amines is 1. The van der Waals surface area contributed by atoms with Crippen molar-refractivity contribution in [1.29, 1.82) is 0 Å². The van der Waals surface area contributed by atoms with E-state index in [1.807, 2.05) is 0 Å². The van der Waals surface area contributed by atoms with Crippen molar-refractivity contribution in [2.45, 2.75) is 26.7 Å². The first-order valence-corrected chi connectivity index (χ1v) is 7.16. The number of benzene rings is 1. The van der Waals surface area contributed by atoms with Crippen LogP contribution in [0.15, 0.2) is 24.3 Å². The highest BCUT2D eigenvalue weighted by Crippen LogP contribution is 2.45. The number of amides is 1. The number of halogens is 2. The molecule has 0 saturated heterocycles. The fourth-order valence-electron chi connectivity index (χ4n) is 2.92. The summed E-state index contributed by atoms with van der Waals surface area (Å²) in [7, 11) is 0. The average Bonchev–Trinajstić information content (AvgIpc) is 2.87. The highest BCUT2D eigenvalue weighted by atomic mass is 19.2. The van der Waals surface area contributed by atoms with Crippen molar-refractivity contribution in [2.75, 3.05) is 5.32 Å². The number of aromatic nitrogens is 2. The standard InChI is InChI=1S/C16H17F2N3O/c1-16(2)7-9(8-16)15(22)19-13-6-12(20-21-13)10-4-3-5-11(17)14(10)18/h3-6,9H,7-8H2,1-2H3,(H2,19,20,21,22). The van der Waals surface area contributed by atoms with Crippen LogP contribution in [0.3, 0.4) is 0 Å². The maximum Gasteiger partial charge on any atom is 0.228 e. The third-order valence-electron chi connectivity index (χ3n) is 4.04. The lowest BCUT2D eigenvalue weighted by Crippen LogP contribution is -2.39. The number of hydrogen-bond acceptors (Lipinski definition) is 2. The molecule has 0 radical (unpaired) electrons.